The SMILES string of the molecule is CC(C)(C)c1cc2c(c(C(C)(C)C)c1)C[P+]([O])(O[NH3+])Cc1c(cc(C(C)(C)C)cc1C(C)(C)C)C2. The lowest BCUT2D eigenvalue weighted by Crippen LogP contribution is -2.48. The Bertz CT molecular complexity index is 1020. The van der Waals surface area contributed by atoms with Crippen LogP contribution in [-0.2, 0) is 49.9 Å². The highest BCUT2D eigenvalue weighted by atomic mass is 31.2. The van der Waals surface area contributed by atoms with E-state index in [0.717, 1.165) is 6.42 Å². The third-order valence-corrected chi connectivity index (χ3v) is 9.51. The Morgan fingerprint density at radius 3 is 1.23 bits per heavy atom. The molecular weight excluding hydrogens is 449 g/mol. The molecule has 2 aromatic carbocycles. The monoisotopic (exact) mass is 498 g/mol. The van der Waals surface area contributed by atoms with Crippen LogP contribution >= 0.6 is 7.72 Å². The minimum Gasteiger partial charge on any atom is -0.171 e. The molecule has 3 N–H and O–H groups in total. The number of benzene rings is 2. The van der Waals surface area contributed by atoms with E-state index in [1.54, 1.807) is 0 Å². The van der Waals surface area contributed by atoms with Crippen LogP contribution in [0, 0.1) is 0 Å². The number of hydrogen-bond donors (Lipinski definition) is 1. The average molecular weight is 499 g/mol. The van der Waals surface area contributed by atoms with E-state index >= 15 is 0 Å². The van der Waals surface area contributed by atoms with Crippen molar-refractivity contribution in [3.05, 3.63) is 68.8 Å². The Morgan fingerprint density at radius 1 is 0.629 bits per heavy atom. The van der Waals surface area contributed by atoms with Gasteiger partial charge in [-0.2, -0.15) is 5.90 Å². The molecule has 0 bridgehead atoms. The zero-order valence-corrected chi connectivity index (χ0v) is 25.3. The van der Waals surface area contributed by atoms with Gasteiger partial charge in [0.25, 0.3) is 0 Å². The first-order valence-electron chi connectivity index (χ1n) is 13.0. The average Bonchev–Trinajstić information content (AvgIpc) is 2.65. The van der Waals surface area contributed by atoms with Crippen molar-refractivity contribution in [2.75, 3.05) is 0 Å². The van der Waals surface area contributed by atoms with E-state index in [9.17, 15) is 4.89 Å². The summed E-state index contributed by atoms with van der Waals surface area (Å²) in [6.07, 6.45) is 1.72. The molecule has 193 valence electrons. The molecule has 4 heteroatoms. The summed E-state index contributed by atoms with van der Waals surface area (Å²) in [6, 6.07) is 9.43. The second kappa shape index (κ2) is 8.95. The zero-order chi connectivity index (χ0) is 26.8. The predicted octanol–water partition coefficient (Wildman–Crippen LogP) is 7.93. The van der Waals surface area contributed by atoms with E-state index in [2.05, 4.69) is 113 Å². The lowest BCUT2D eigenvalue weighted by atomic mass is 9.74. The molecule has 0 unspecified atom stereocenters. The molecule has 0 saturated carbocycles. The van der Waals surface area contributed by atoms with E-state index < -0.39 is 7.72 Å². The minimum atomic E-state index is -3.05. The van der Waals surface area contributed by atoms with Crippen LogP contribution in [0.1, 0.15) is 128 Å². The molecule has 35 heavy (non-hydrogen) atoms. The van der Waals surface area contributed by atoms with Crippen LogP contribution < -0.4 is 5.90 Å². The van der Waals surface area contributed by atoms with Gasteiger partial charge in [-0.3, -0.25) is 0 Å². The molecule has 0 spiro atoms. The fourth-order valence-corrected chi connectivity index (χ4v) is 7.20. The van der Waals surface area contributed by atoms with E-state index in [-0.39, 0.29) is 21.7 Å². The van der Waals surface area contributed by atoms with Gasteiger partial charge in [0, 0.05) is 11.1 Å². The molecule has 2 aromatic rings. The fraction of sp³-hybridized carbons (Fsp3) is 0.613. The molecule has 3 rings (SSSR count). The zero-order valence-electron chi connectivity index (χ0n) is 24.4. The Hall–Kier alpha value is -1.25. The number of hydrogen-bond acceptors (Lipinski definition) is 1. The summed E-state index contributed by atoms with van der Waals surface area (Å²) in [5, 5.41) is 0. The van der Waals surface area contributed by atoms with Gasteiger partial charge in [-0.1, -0.05) is 107 Å². The van der Waals surface area contributed by atoms with Gasteiger partial charge in [0.1, 0.15) is 12.3 Å². The maximum atomic E-state index is 14.3. The van der Waals surface area contributed by atoms with E-state index in [0.29, 0.717) is 12.3 Å². The highest BCUT2D eigenvalue weighted by Gasteiger charge is 2.49. The summed E-state index contributed by atoms with van der Waals surface area (Å²) < 4.78 is 5.66. The normalized spacial score (nSPS) is 16.9. The third kappa shape index (κ3) is 6.02. The second-order valence-electron chi connectivity index (χ2n) is 14.8. The van der Waals surface area contributed by atoms with Crippen LogP contribution in [0.2, 0.25) is 0 Å². The van der Waals surface area contributed by atoms with Crippen molar-refractivity contribution in [1.29, 1.82) is 0 Å². The van der Waals surface area contributed by atoms with Crippen molar-refractivity contribution >= 4 is 7.72 Å². The summed E-state index contributed by atoms with van der Waals surface area (Å²) >= 11 is 0. The van der Waals surface area contributed by atoms with Gasteiger partial charge in [-0.25, -0.2) is 0 Å². The first-order chi connectivity index (χ1) is 15.7. The summed E-state index contributed by atoms with van der Waals surface area (Å²) in [5.41, 5.74) is 10.1. The molecule has 1 aliphatic rings. The molecule has 0 atom stereocenters. The molecule has 0 aromatic heterocycles. The lowest BCUT2D eigenvalue weighted by Gasteiger charge is -2.33. The van der Waals surface area contributed by atoms with Gasteiger partial charge in [0.15, 0.2) is 0 Å². The smallest absolute Gasteiger partial charge is 0.171 e. The van der Waals surface area contributed by atoms with Gasteiger partial charge in [0.05, 0.1) is 0 Å². The molecule has 0 amide bonds. The number of fused-ring (bicyclic) bond motifs is 2. The highest BCUT2D eigenvalue weighted by molar-refractivity contribution is 7.63. The van der Waals surface area contributed by atoms with Gasteiger partial charge in [0.2, 0.25) is 0 Å². The Kier molecular flexibility index (Phi) is 7.24. The Labute approximate surface area is 215 Å². The molecule has 1 radical (unpaired) electrons. The van der Waals surface area contributed by atoms with Gasteiger partial charge < -0.3 is 0 Å². The molecule has 0 fully saturated rings. The van der Waals surface area contributed by atoms with Crippen LogP contribution in [0.15, 0.2) is 24.3 Å². The quantitative estimate of drug-likeness (QED) is 0.315. The largest absolute Gasteiger partial charge is 0.395 e. The van der Waals surface area contributed by atoms with Gasteiger partial charge in [-0.15, -0.1) is 0 Å². The Balaban J connectivity index is 2.45. The van der Waals surface area contributed by atoms with Gasteiger partial charge in [-0.05, 0) is 71.0 Å². The van der Waals surface area contributed by atoms with Crippen molar-refractivity contribution < 1.29 is 15.4 Å². The molecule has 1 heterocycles. The third-order valence-electron chi connectivity index (χ3n) is 7.45. The van der Waals surface area contributed by atoms with Crippen molar-refractivity contribution in [3.63, 3.8) is 0 Å². The predicted molar refractivity (Wildman–Crippen MR) is 149 cm³/mol. The fourth-order valence-electron chi connectivity index (χ4n) is 5.19. The maximum Gasteiger partial charge on any atom is 0.395 e. The minimum absolute atomic E-state index is 0.0244. The molecule has 0 aliphatic carbocycles. The van der Waals surface area contributed by atoms with E-state index in [4.69, 9.17) is 4.62 Å². The van der Waals surface area contributed by atoms with Crippen LogP contribution in [-0.4, -0.2) is 0 Å². The van der Waals surface area contributed by atoms with Crippen molar-refractivity contribution in [1.82, 2.24) is 0 Å². The topological polar surface area (TPSA) is 56.8 Å². The van der Waals surface area contributed by atoms with E-state index in [1.807, 2.05) is 0 Å². The molecule has 0 saturated heterocycles. The molecule has 3 nitrogen and oxygen atoms in total. The summed E-state index contributed by atoms with van der Waals surface area (Å²) in [7, 11) is -3.05. The van der Waals surface area contributed by atoms with Crippen molar-refractivity contribution in [2.24, 2.45) is 0 Å². The van der Waals surface area contributed by atoms with Crippen molar-refractivity contribution in [2.45, 2.75) is 123 Å². The summed E-state index contributed by atoms with van der Waals surface area (Å²) in [5.74, 6) is 3.73. The first kappa shape index (κ1) is 28.3. The van der Waals surface area contributed by atoms with Crippen LogP contribution in [0.5, 0.6) is 0 Å². The van der Waals surface area contributed by atoms with Crippen LogP contribution in [0.3, 0.4) is 0 Å². The Morgan fingerprint density at radius 2 is 0.971 bits per heavy atom. The first-order valence-corrected chi connectivity index (χ1v) is 15.0. The molecular formula is C31H49NO2P+2. The second-order valence-corrected chi connectivity index (χ2v) is 17.3. The van der Waals surface area contributed by atoms with Gasteiger partial charge >= 0.3 is 7.72 Å². The van der Waals surface area contributed by atoms with Crippen molar-refractivity contribution in [3.8, 4) is 0 Å². The van der Waals surface area contributed by atoms with Crippen LogP contribution in [0.25, 0.3) is 0 Å². The summed E-state index contributed by atoms with van der Waals surface area (Å²) in [6.45, 7) is 27.2. The number of rotatable bonds is 1. The lowest BCUT2D eigenvalue weighted by molar-refractivity contribution is -0.640. The molecule has 1 aliphatic heterocycles. The van der Waals surface area contributed by atoms with Crippen LogP contribution in [0.4, 0.5) is 0 Å². The van der Waals surface area contributed by atoms with E-state index in [1.165, 1.54) is 44.5 Å². The standard InChI is InChI=1S/C31H49NO2P/c1-28(2,3)22-14-20-13-21-15-23(29(4,5)6)17-27(31(10,11)12)25(21)19-35(33,34-32)18-24(20)26(16-22)30(7,8)9/h14-17H,13,18-19H2,1-12,32H3/q+2. The summed E-state index contributed by atoms with van der Waals surface area (Å²) in [4.78, 5) is 14.3. The maximum absolute atomic E-state index is 14.3. The number of quaternary nitrogens is 1. The highest BCUT2D eigenvalue weighted by Crippen LogP contribution is 2.63.